The van der Waals surface area contributed by atoms with Gasteiger partial charge in [0.2, 0.25) is 0 Å². The van der Waals surface area contributed by atoms with E-state index in [1.165, 1.54) is 7.11 Å². The monoisotopic (exact) mass is 419 g/mol. The number of aromatic hydroxyl groups is 1. The number of phenols is 1. The quantitative estimate of drug-likeness (QED) is 0.607. The second kappa shape index (κ2) is 8.32. The van der Waals surface area contributed by atoms with Crippen molar-refractivity contribution in [1.82, 2.24) is 4.90 Å². The first kappa shape index (κ1) is 20.8. The lowest BCUT2D eigenvalue weighted by molar-refractivity contribution is -0.134. The van der Waals surface area contributed by atoms with E-state index < -0.39 is 11.8 Å². The van der Waals surface area contributed by atoms with Crippen LogP contribution in [0.15, 0.2) is 72.8 Å². The first-order valence-corrected chi connectivity index (χ1v) is 10.1. The van der Waals surface area contributed by atoms with E-state index >= 15 is 0 Å². The number of para-hydroxylation sites is 1. The molecule has 160 valence electrons. The third-order valence-corrected chi connectivity index (χ3v) is 5.23. The number of rotatable bonds is 6. The van der Waals surface area contributed by atoms with Crippen LogP contribution in [0, 0.1) is 0 Å². The van der Waals surface area contributed by atoms with Crippen LogP contribution in [0.4, 0.5) is 0 Å². The highest BCUT2D eigenvalue weighted by Crippen LogP contribution is 2.44. The molecule has 6 heteroatoms. The highest BCUT2D eigenvalue weighted by atomic mass is 16.6. The average Bonchev–Trinajstić information content (AvgIpc) is 2.99. The molecule has 0 radical (unpaired) electrons. The van der Waals surface area contributed by atoms with Crippen molar-refractivity contribution in [3.05, 3.63) is 83.9 Å². The van der Waals surface area contributed by atoms with Crippen LogP contribution >= 0.6 is 0 Å². The van der Waals surface area contributed by atoms with Crippen LogP contribution in [0.25, 0.3) is 0 Å². The Balaban J connectivity index is 1.59. The number of hydrogen-bond donors (Lipinski definition) is 1. The highest BCUT2D eigenvalue weighted by molar-refractivity contribution is 5.86. The maximum absolute atomic E-state index is 13.1. The van der Waals surface area contributed by atoms with Crippen molar-refractivity contribution < 1.29 is 24.1 Å². The third-order valence-electron chi connectivity index (χ3n) is 5.23. The zero-order valence-corrected chi connectivity index (χ0v) is 17.7. The number of nitrogens with zero attached hydrogens (tertiary/aromatic N) is 1. The molecule has 0 aliphatic carbocycles. The van der Waals surface area contributed by atoms with E-state index in [-0.39, 0.29) is 11.7 Å². The van der Waals surface area contributed by atoms with Crippen LogP contribution in [0.2, 0.25) is 0 Å². The molecule has 1 aliphatic rings. The van der Waals surface area contributed by atoms with Crippen LogP contribution < -0.4 is 9.47 Å². The molecule has 1 aliphatic heterocycles. The van der Waals surface area contributed by atoms with Gasteiger partial charge in [-0.25, -0.2) is 0 Å². The Hall–Kier alpha value is -3.51. The van der Waals surface area contributed by atoms with Crippen LogP contribution in [0.1, 0.15) is 31.2 Å². The summed E-state index contributed by atoms with van der Waals surface area (Å²) < 4.78 is 17.3. The van der Waals surface area contributed by atoms with Crippen LogP contribution in [-0.4, -0.2) is 28.6 Å². The first-order chi connectivity index (χ1) is 14.9. The largest absolute Gasteiger partial charge is 0.507 e. The molecule has 1 amide bonds. The zero-order valence-electron chi connectivity index (χ0n) is 17.7. The van der Waals surface area contributed by atoms with Gasteiger partial charge in [-0.05, 0) is 55.8 Å². The van der Waals surface area contributed by atoms with Gasteiger partial charge in [-0.3, -0.25) is 4.79 Å². The molecule has 0 saturated carbocycles. The lowest BCUT2D eigenvalue weighted by Gasteiger charge is -2.25. The zero-order chi connectivity index (χ0) is 22.0. The summed E-state index contributed by atoms with van der Waals surface area (Å²) in [5.74, 6) is 1.79. The Kier molecular flexibility index (Phi) is 5.57. The molecule has 6 nitrogen and oxygen atoms in total. The van der Waals surface area contributed by atoms with Gasteiger partial charge >= 0.3 is 0 Å². The Labute approximate surface area is 181 Å². The molecule has 31 heavy (non-hydrogen) atoms. The molecule has 0 bridgehead atoms. The van der Waals surface area contributed by atoms with Crippen LogP contribution in [-0.2, 0) is 16.1 Å². The summed E-state index contributed by atoms with van der Waals surface area (Å²) in [6, 6.07) is 22.1. The molecule has 1 atom stereocenters. The van der Waals surface area contributed by atoms with Crippen molar-refractivity contribution >= 4 is 5.91 Å². The van der Waals surface area contributed by atoms with E-state index in [0.29, 0.717) is 23.6 Å². The molecule has 1 saturated heterocycles. The SMILES string of the molecule is COc1cccc(O)c1C1OC(C)(C)C(=O)N1Cc1ccc(Oc2ccccc2)cc1. The minimum Gasteiger partial charge on any atom is -0.507 e. The lowest BCUT2D eigenvalue weighted by Crippen LogP contribution is -2.35. The number of hydrogen-bond acceptors (Lipinski definition) is 5. The molecule has 0 aromatic heterocycles. The molecule has 1 N–H and O–H groups in total. The number of ether oxygens (including phenoxy) is 3. The standard InChI is InChI=1S/C25H25NO5/c1-25(2)24(28)26(23(31-25)22-20(27)10-7-11-21(22)29-3)16-17-12-14-19(15-13-17)30-18-8-5-4-6-9-18/h4-15,23,27H,16H2,1-3H3. The summed E-state index contributed by atoms with van der Waals surface area (Å²) >= 11 is 0. The summed E-state index contributed by atoms with van der Waals surface area (Å²) in [5, 5.41) is 10.5. The molecular formula is C25H25NO5. The molecule has 4 rings (SSSR count). The first-order valence-electron chi connectivity index (χ1n) is 10.1. The van der Waals surface area contributed by atoms with Crippen LogP contribution in [0.3, 0.4) is 0 Å². The fraction of sp³-hybridized carbons (Fsp3) is 0.240. The predicted molar refractivity (Wildman–Crippen MR) is 116 cm³/mol. The summed E-state index contributed by atoms with van der Waals surface area (Å²) in [5.41, 5.74) is 0.330. The minimum absolute atomic E-state index is 0.0199. The number of carbonyl (C=O) groups excluding carboxylic acids is 1. The second-order valence-corrected chi connectivity index (χ2v) is 7.87. The van der Waals surface area contributed by atoms with Gasteiger partial charge < -0.3 is 24.2 Å². The highest BCUT2D eigenvalue weighted by Gasteiger charge is 2.48. The summed E-state index contributed by atoms with van der Waals surface area (Å²) in [7, 11) is 1.52. The van der Waals surface area contributed by atoms with Crippen molar-refractivity contribution in [3.63, 3.8) is 0 Å². The van der Waals surface area contributed by atoms with Gasteiger partial charge in [0.05, 0.1) is 12.7 Å². The van der Waals surface area contributed by atoms with Crippen LogP contribution in [0.5, 0.6) is 23.0 Å². The molecule has 3 aromatic rings. The number of amides is 1. The fourth-order valence-corrected chi connectivity index (χ4v) is 3.66. The van der Waals surface area contributed by atoms with Crippen molar-refractivity contribution in [2.45, 2.75) is 32.2 Å². The predicted octanol–water partition coefficient (Wildman–Crippen LogP) is 5.03. The minimum atomic E-state index is -1.02. The Morgan fingerprint density at radius 2 is 1.65 bits per heavy atom. The summed E-state index contributed by atoms with van der Waals surface area (Å²) in [6.07, 6.45) is -0.765. The van der Waals surface area contributed by atoms with Gasteiger partial charge in [-0.2, -0.15) is 0 Å². The molecule has 3 aromatic carbocycles. The number of phenolic OH excluding ortho intramolecular Hbond substituents is 1. The Morgan fingerprint density at radius 1 is 0.968 bits per heavy atom. The Bertz CT molecular complexity index is 1060. The van der Waals surface area contributed by atoms with E-state index in [0.717, 1.165) is 11.3 Å². The van der Waals surface area contributed by atoms with Crippen molar-refractivity contribution in [2.24, 2.45) is 0 Å². The van der Waals surface area contributed by atoms with Gasteiger partial charge in [0.25, 0.3) is 5.91 Å². The topological polar surface area (TPSA) is 68.2 Å². The molecule has 1 heterocycles. The van der Waals surface area contributed by atoms with Gasteiger partial charge in [0.15, 0.2) is 6.23 Å². The molecule has 1 unspecified atom stereocenters. The van der Waals surface area contributed by atoms with Gasteiger partial charge in [-0.1, -0.05) is 36.4 Å². The van der Waals surface area contributed by atoms with Gasteiger partial charge in [0, 0.05) is 6.54 Å². The number of benzene rings is 3. The molecule has 1 fully saturated rings. The maximum atomic E-state index is 13.1. The number of carbonyl (C=O) groups is 1. The lowest BCUT2D eigenvalue weighted by atomic mass is 10.1. The second-order valence-electron chi connectivity index (χ2n) is 7.87. The molecule has 0 spiro atoms. The fourth-order valence-electron chi connectivity index (χ4n) is 3.66. The third kappa shape index (κ3) is 4.20. The van der Waals surface area contributed by atoms with Crippen molar-refractivity contribution in [2.75, 3.05) is 7.11 Å². The van der Waals surface area contributed by atoms with E-state index in [1.807, 2.05) is 54.6 Å². The van der Waals surface area contributed by atoms with E-state index in [1.54, 1.807) is 36.9 Å². The maximum Gasteiger partial charge on any atom is 0.256 e. The van der Waals surface area contributed by atoms with Crippen molar-refractivity contribution in [1.29, 1.82) is 0 Å². The summed E-state index contributed by atoms with van der Waals surface area (Å²) in [4.78, 5) is 14.7. The average molecular weight is 419 g/mol. The van der Waals surface area contributed by atoms with Crippen molar-refractivity contribution in [3.8, 4) is 23.0 Å². The molecular weight excluding hydrogens is 394 g/mol. The normalized spacial score (nSPS) is 17.6. The van der Waals surface area contributed by atoms with Gasteiger partial charge in [-0.15, -0.1) is 0 Å². The van der Waals surface area contributed by atoms with E-state index in [2.05, 4.69) is 0 Å². The van der Waals surface area contributed by atoms with Gasteiger partial charge in [0.1, 0.15) is 28.6 Å². The summed E-state index contributed by atoms with van der Waals surface area (Å²) in [6.45, 7) is 3.77. The van der Waals surface area contributed by atoms with E-state index in [9.17, 15) is 9.90 Å². The Morgan fingerprint density at radius 3 is 2.32 bits per heavy atom. The smallest absolute Gasteiger partial charge is 0.256 e. The number of methoxy groups -OCH3 is 1. The van der Waals surface area contributed by atoms with E-state index in [4.69, 9.17) is 14.2 Å².